The van der Waals surface area contributed by atoms with Crippen LogP contribution in [0.2, 0.25) is 0 Å². The van der Waals surface area contributed by atoms with Gasteiger partial charge in [-0.15, -0.1) is 0 Å². The lowest BCUT2D eigenvalue weighted by atomic mass is 10.7. The Morgan fingerprint density at radius 1 is 1.58 bits per heavy atom. The molecule has 0 unspecified atom stereocenters. The highest BCUT2D eigenvalue weighted by molar-refractivity contribution is 5.77. The van der Waals surface area contributed by atoms with Gasteiger partial charge in [0.05, 0.1) is 0 Å². The van der Waals surface area contributed by atoms with Gasteiger partial charge in [-0.25, -0.2) is 9.89 Å². The molecule has 0 amide bonds. The first kappa shape index (κ1) is 8.50. The third-order valence-corrected chi connectivity index (χ3v) is 0.814. The lowest BCUT2D eigenvalue weighted by Gasteiger charge is -2.02. The van der Waals surface area contributed by atoms with Gasteiger partial charge >= 0.3 is 18.2 Å². The molecule has 0 atom stereocenters. The average molecular weight is 181 g/mol. The quantitative estimate of drug-likeness (QED) is 0.631. The molecule has 0 aliphatic heterocycles. The lowest BCUT2D eigenvalue weighted by Crippen LogP contribution is -2.28. The smallest absolute Gasteiger partial charge is 0.384 e. The van der Waals surface area contributed by atoms with Gasteiger partial charge in [-0.3, -0.25) is 0 Å². The first-order chi connectivity index (χ1) is 5.50. The van der Waals surface area contributed by atoms with Gasteiger partial charge in [0.1, 0.15) is 6.33 Å². The van der Waals surface area contributed by atoms with Crippen LogP contribution in [0, 0.1) is 0 Å². The monoisotopic (exact) mass is 181 g/mol. The molecule has 0 spiro atoms. The molecule has 1 aromatic rings. The van der Waals surface area contributed by atoms with E-state index in [0.29, 0.717) is 0 Å². The van der Waals surface area contributed by atoms with Crippen molar-refractivity contribution < 1.29 is 22.7 Å². The number of aromatic nitrogens is 3. The molecule has 66 valence electrons. The molecule has 0 aliphatic rings. The largest absolute Gasteiger partial charge is 0.491 e. The zero-order valence-electron chi connectivity index (χ0n) is 5.42. The number of nitrogens with one attached hydrogen (secondary N) is 1. The molecule has 0 aromatic carbocycles. The molecule has 0 saturated heterocycles. The van der Waals surface area contributed by atoms with Gasteiger partial charge in [0.15, 0.2) is 0 Å². The molecule has 1 N–H and O–H groups in total. The predicted molar refractivity (Wildman–Crippen MR) is 28.1 cm³/mol. The van der Waals surface area contributed by atoms with Crippen LogP contribution in [0.5, 0.6) is 6.01 Å². The Morgan fingerprint density at radius 2 is 2.25 bits per heavy atom. The van der Waals surface area contributed by atoms with Crippen molar-refractivity contribution in [2.45, 2.75) is 6.18 Å². The van der Waals surface area contributed by atoms with E-state index in [0.717, 1.165) is 6.33 Å². The summed E-state index contributed by atoms with van der Waals surface area (Å²) in [5.41, 5.74) is 0. The van der Waals surface area contributed by atoms with E-state index in [4.69, 9.17) is 0 Å². The third kappa shape index (κ3) is 1.94. The van der Waals surface area contributed by atoms with Gasteiger partial charge in [0, 0.05) is 0 Å². The second kappa shape index (κ2) is 2.80. The van der Waals surface area contributed by atoms with Gasteiger partial charge in [0.25, 0.3) is 0 Å². The van der Waals surface area contributed by atoms with E-state index in [1.807, 2.05) is 5.10 Å². The van der Waals surface area contributed by atoms with Gasteiger partial charge < -0.3 is 4.74 Å². The fourth-order valence-electron chi connectivity index (χ4n) is 0.389. The van der Waals surface area contributed by atoms with E-state index in [1.54, 1.807) is 0 Å². The number of nitrogens with zero attached hydrogens (tertiary/aromatic N) is 2. The van der Waals surface area contributed by atoms with Crippen molar-refractivity contribution in [1.82, 2.24) is 15.2 Å². The van der Waals surface area contributed by atoms with Crippen molar-refractivity contribution in [3.8, 4) is 6.01 Å². The number of halogens is 3. The molecule has 0 saturated carbocycles. The number of alkyl halides is 3. The number of hydrogen-bond acceptors (Lipinski definition) is 4. The number of H-pyrrole nitrogens is 1. The van der Waals surface area contributed by atoms with Crippen LogP contribution in [0.3, 0.4) is 0 Å². The summed E-state index contributed by atoms with van der Waals surface area (Å²) in [6, 6.07) is -0.586. The highest BCUT2D eigenvalue weighted by Crippen LogP contribution is 2.16. The molecular weight excluding hydrogens is 179 g/mol. The highest BCUT2D eigenvalue weighted by atomic mass is 19.4. The first-order valence-corrected chi connectivity index (χ1v) is 2.64. The van der Waals surface area contributed by atoms with Crippen LogP contribution in [0.1, 0.15) is 0 Å². The maximum atomic E-state index is 11.5. The van der Waals surface area contributed by atoms with Gasteiger partial charge in [-0.2, -0.15) is 23.3 Å². The molecule has 1 rings (SSSR count). The van der Waals surface area contributed by atoms with E-state index >= 15 is 0 Å². The van der Waals surface area contributed by atoms with Gasteiger partial charge in [-0.1, -0.05) is 0 Å². The standard InChI is InChI=1S/C4H2F3N3O2/c5-4(6,7)2(11)12-3-8-1-9-10-3/h1H,(H,8,9,10). The number of carbonyl (C=O) groups is 1. The third-order valence-electron chi connectivity index (χ3n) is 0.814. The Labute approximate surface area is 63.5 Å². The molecule has 0 fully saturated rings. The Kier molecular flexibility index (Phi) is 1.98. The fourth-order valence-corrected chi connectivity index (χ4v) is 0.389. The Bertz CT molecular complexity index is 268. The number of aromatic amines is 1. The zero-order valence-corrected chi connectivity index (χ0v) is 5.42. The summed E-state index contributed by atoms with van der Waals surface area (Å²) in [6.45, 7) is 0. The Hall–Kier alpha value is -1.60. The van der Waals surface area contributed by atoms with E-state index in [2.05, 4.69) is 14.8 Å². The van der Waals surface area contributed by atoms with Crippen LogP contribution in [0.25, 0.3) is 0 Å². The van der Waals surface area contributed by atoms with Crippen molar-refractivity contribution in [2.24, 2.45) is 0 Å². The summed E-state index contributed by atoms with van der Waals surface area (Å²) in [5.74, 6) is -2.33. The van der Waals surface area contributed by atoms with Gasteiger partial charge in [0.2, 0.25) is 0 Å². The second-order valence-electron chi connectivity index (χ2n) is 1.68. The van der Waals surface area contributed by atoms with Crippen molar-refractivity contribution in [3.05, 3.63) is 6.33 Å². The van der Waals surface area contributed by atoms with E-state index < -0.39 is 18.2 Å². The minimum Gasteiger partial charge on any atom is -0.384 e. The molecular formula is C4H2F3N3O2. The van der Waals surface area contributed by atoms with Crippen LogP contribution in [-0.2, 0) is 4.79 Å². The fraction of sp³-hybridized carbons (Fsp3) is 0.250. The van der Waals surface area contributed by atoms with Crippen LogP contribution < -0.4 is 4.74 Å². The predicted octanol–water partition coefficient (Wildman–Crippen LogP) is 0.272. The first-order valence-electron chi connectivity index (χ1n) is 2.64. The lowest BCUT2D eigenvalue weighted by molar-refractivity contribution is -0.190. The summed E-state index contributed by atoms with van der Waals surface area (Å²) in [6.07, 6.45) is -4.11. The highest BCUT2D eigenvalue weighted by Gasteiger charge is 2.41. The maximum absolute atomic E-state index is 11.5. The number of esters is 1. The van der Waals surface area contributed by atoms with E-state index in [9.17, 15) is 18.0 Å². The van der Waals surface area contributed by atoms with E-state index in [-0.39, 0.29) is 0 Å². The minimum atomic E-state index is -5.02. The van der Waals surface area contributed by atoms with Crippen molar-refractivity contribution in [2.75, 3.05) is 0 Å². The van der Waals surface area contributed by atoms with Crippen LogP contribution in [0.15, 0.2) is 6.33 Å². The summed E-state index contributed by atoms with van der Waals surface area (Å²) in [5, 5.41) is 5.11. The Morgan fingerprint density at radius 3 is 2.67 bits per heavy atom. The number of carbonyl (C=O) groups excluding carboxylic acids is 1. The van der Waals surface area contributed by atoms with Crippen molar-refractivity contribution >= 4 is 5.97 Å². The summed E-state index contributed by atoms with van der Waals surface area (Å²) in [4.78, 5) is 13.3. The Balaban J connectivity index is 2.60. The van der Waals surface area contributed by atoms with Crippen LogP contribution in [-0.4, -0.2) is 27.3 Å². The van der Waals surface area contributed by atoms with Crippen molar-refractivity contribution in [3.63, 3.8) is 0 Å². The number of hydrogen-bond donors (Lipinski definition) is 1. The van der Waals surface area contributed by atoms with Gasteiger partial charge in [-0.05, 0) is 0 Å². The minimum absolute atomic E-state index is 0.586. The van der Waals surface area contributed by atoms with E-state index in [1.165, 1.54) is 0 Å². The molecule has 12 heavy (non-hydrogen) atoms. The molecule has 0 bridgehead atoms. The summed E-state index contributed by atoms with van der Waals surface area (Å²) in [7, 11) is 0. The SMILES string of the molecule is O=C(Oc1ncn[nH]1)C(F)(F)F. The van der Waals surface area contributed by atoms with Crippen LogP contribution >= 0.6 is 0 Å². The van der Waals surface area contributed by atoms with Crippen LogP contribution in [0.4, 0.5) is 13.2 Å². The molecule has 0 radical (unpaired) electrons. The molecule has 1 heterocycles. The maximum Gasteiger partial charge on any atom is 0.491 e. The zero-order chi connectivity index (χ0) is 9.19. The molecule has 1 aromatic heterocycles. The average Bonchev–Trinajstić information content (AvgIpc) is 2.37. The number of rotatable bonds is 1. The molecule has 0 aliphatic carbocycles. The normalized spacial score (nSPS) is 11.2. The topological polar surface area (TPSA) is 67.9 Å². The molecule has 5 nitrogen and oxygen atoms in total. The second-order valence-corrected chi connectivity index (χ2v) is 1.68. The summed E-state index contributed by atoms with van der Waals surface area (Å²) >= 11 is 0. The van der Waals surface area contributed by atoms with Crippen molar-refractivity contribution in [1.29, 1.82) is 0 Å². The summed E-state index contributed by atoms with van der Waals surface area (Å²) < 4.78 is 38.2. The number of ether oxygens (including phenoxy) is 1. The molecule has 8 heteroatoms.